The van der Waals surface area contributed by atoms with Gasteiger partial charge in [-0.3, -0.25) is 4.79 Å². The molecule has 0 spiro atoms. The summed E-state index contributed by atoms with van der Waals surface area (Å²) in [6, 6.07) is -0.428. The van der Waals surface area contributed by atoms with Gasteiger partial charge in [0.1, 0.15) is 0 Å². The lowest BCUT2D eigenvalue weighted by atomic mass is 9.85. The van der Waals surface area contributed by atoms with Gasteiger partial charge in [-0.1, -0.05) is 26.1 Å². The highest BCUT2D eigenvalue weighted by Gasteiger charge is 2.39. The van der Waals surface area contributed by atoms with Gasteiger partial charge in [-0.2, -0.15) is 0 Å². The molecular formula is C12H20F2N2OS. The fourth-order valence-electron chi connectivity index (χ4n) is 2.23. The number of nitrogens with two attached hydrogens (primary N) is 1. The largest absolute Gasteiger partial charge is 0.392 e. The molecule has 1 saturated carbocycles. The standard InChI is InChI=1S/C12H20F2N2OS/c1-7(2)9(10(15)18)16-11(17)8-4-3-5-12(13,14)6-8/h7-9H,3-6H2,1-2H3,(H2,15,18)(H,16,17). The Morgan fingerprint density at radius 2 is 2.11 bits per heavy atom. The molecule has 0 saturated heterocycles. The lowest BCUT2D eigenvalue weighted by Gasteiger charge is -2.30. The highest BCUT2D eigenvalue weighted by molar-refractivity contribution is 7.80. The maximum absolute atomic E-state index is 13.2. The van der Waals surface area contributed by atoms with Crippen molar-refractivity contribution < 1.29 is 13.6 Å². The van der Waals surface area contributed by atoms with E-state index < -0.39 is 17.9 Å². The van der Waals surface area contributed by atoms with Gasteiger partial charge in [0.05, 0.1) is 11.0 Å². The Hall–Kier alpha value is -0.780. The molecule has 1 rings (SSSR count). The number of carbonyl (C=O) groups excluding carboxylic acids is 1. The highest BCUT2D eigenvalue weighted by atomic mass is 32.1. The van der Waals surface area contributed by atoms with Gasteiger partial charge in [-0.05, 0) is 18.8 Å². The minimum Gasteiger partial charge on any atom is -0.392 e. The Balaban J connectivity index is 2.61. The molecule has 1 aliphatic carbocycles. The molecule has 0 aromatic heterocycles. The number of hydrogen-bond acceptors (Lipinski definition) is 2. The predicted octanol–water partition coefficient (Wildman–Crippen LogP) is 2.24. The summed E-state index contributed by atoms with van der Waals surface area (Å²) in [4.78, 5) is 12.1. The van der Waals surface area contributed by atoms with Gasteiger partial charge in [-0.15, -0.1) is 0 Å². The van der Waals surface area contributed by atoms with E-state index in [1.807, 2.05) is 13.8 Å². The molecule has 3 nitrogen and oxygen atoms in total. The molecule has 1 fully saturated rings. The zero-order chi connectivity index (χ0) is 13.9. The van der Waals surface area contributed by atoms with Gasteiger partial charge in [0.15, 0.2) is 0 Å². The Morgan fingerprint density at radius 1 is 1.50 bits per heavy atom. The van der Waals surface area contributed by atoms with Crippen LogP contribution in [0.1, 0.15) is 39.5 Å². The SMILES string of the molecule is CC(C)C(NC(=O)C1CCCC(F)(F)C1)C(N)=S. The molecule has 2 atom stereocenters. The molecule has 104 valence electrons. The second-order valence-corrected chi connectivity index (χ2v) is 5.75. The molecule has 6 heteroatoms. The third-order valence-corrected chi connectivity index (χ3v) is 3.54. The smallest absolute Gasteiger partial charge is 0.248 e. The first-order chi connectivity index (χ1) is 8.23. The second-order valence-electron chi connectivity index (χ2n) is 5.28. The van der Waals surface area contributed by atoms with Crippen LogP contribution < -0.4 is 11.1 Å². The van der Waals surface area contributed by atoms with Crippen LogP contribution in [0.15, 0.2) is 0 Å². The van der Waals surface area contributed by atoms with Crippen molar-refractivity contribution in [1.29, 1.82) is 0 Å². The van der Waals surface area contributed by atoms with Crippen LogP contribution >= 0.6 is 12.2 Å². The number of rotatable bonds is 4. The molecule has 18 heavy (non-hydrogen) atoms. The number of thiocarbonyl (C=S) groups is 1. The third-order valence-electron chi connectivity index (χ3n) is 3.28. The molecule has 1 aliphatic rings. The highest BCUT2D eigenvalue weighted by Crippen LogP contribution is 2.36. The predicted molar refractivity (Wildman–Crippen MR) is 70.5 cm³/mol. The van der Waals surface area contributed by atoms with Crippen LogP contribution in [-0.2, 0) is 4.79 Å². The van der Waals surface area contributed by atoms with Crippen LogP contribution in [0, 0.1) is 11.8 Å². The van der Waals surface area contributed by atoms with Crippen molar-refractivity contribution in [1.82, 2.24) is 5.32 Å². The van der Waals surface area contributed by atoms with Crippen molar-refractivity contribution in [3.05, 3.63) is 0 Å². The van der Waals surface area contributed by atoms with E-state index >= 15 is 0 Å². The monoisotopic (exact) mass is 278 g/mol. The van der Waals surface area contributed by atoms with Crippen molar-refractivity contribution in [3.63, 3.8) is 0 Å². The Bertz CT molecular complexity index is 334. The maximum atomic E-state index is 13.2. The summed E-state index contributed by atoms with van der Waals surface area (Å²) in [5.74, 6) is -3.67. The van der Waals surface area contributed by atoms with Crippen LogP contribution in [0.4, 0.5) is 8.78 Å². The van der Waals surface area contributed by atoms with E-state index in [1.165, 1.54) is 0 Å². The summed E-state index contributed by atoms with van der Waals surface area (Å²) in [7, 11) is 0. The van der Waals surface area contributed by atoms with Crippen molar-refractivity contribution in [2.24, 2.45) is 17.6 Å². The van der Waals surface area contributed by atoms with Crippen molar-refractivity contribution in [2.45, 2.75) is 51.5 Å². The topological polar surface area (TPSA) is 55.1 Å². The van der Waals surface area contributed by atoms with Crippen LogP contribution in [0.2, 0.25) is 0 Å². The lowest BCUT2D eigenvalue weighted by molar-refractivity contribution is -0.132. The van der Waals surface area contributed by atoms with E-state index in [-0.39, 0.29) is 29.7 Å². The van der Waals surface area contributed by atoms with Crippen molar-refractivity contribution in [2.75, 3.05) is 0 Å². The lowest BCUT2D eigenvalue weighted by Crippen LogP contribution is -2.49. The molecule has 0 aliphatic heterocycles. The quantitative estimate of drug-likeness (QED) is 0.775. The molecule has 0 radical (unpaired) electrons. The fraction of sp³-hybridized carbons (Fsp3) is 0.833. The number of halogens is 2. The fourth-order valence-corrected chi connectivity index (χ4v) is 2.56. The van der Waals surface area contributed by atoms with Crippen LogP contribution in [0.3, 0.4) is 0 Å². The van der Waals surface area contributed by atoms with Crippen molar-refractivity contribution in [3.8, 4) is 0 Å². The van der Waals surface area contributed by atoms with E-state index in [0.717, 1.165) is 0 Å². The average Bonchev–Trinajstić information content (AvgIpc) is 2.23. The average molecular weight is 278 g/mol. The van der Waals surface area contributed by atoms with E-state index in [2.05, 4.69) is 5.32 Å². The normalized spacial score (nSPS) is 24.6. The third kappa shape index (κ3) is 4.15. The molecular weight excluding hydrogens is 258 g/mol. The molecule has 1 amide bonds. The molecule has 2 unspecified atom stereocenters. The van der Waals surface area contributed by atoms with Gasteiger partial charge < -0.3 is 11.1 Å². The van der Waals surface area contributed by atoms with Gasteiger partial charge in [0.25, 0.3) is 0 Å². The number of nitrogens with one attached hydrogen (secondary N) is 1. The summed E-state index contributed by atoms with van der Waals surface area (Å²) in [6.07, 6.45) is 0.384. The summed E-state index contributed by atoms with van der Waals surface area (Å²) >= 11 is 4.87. The zero-order valence-electron chi connectivity index (χ0n) is 10.7. The number of carbonyl (C=O) groups is 1. The molecule has 0 heterocycles. The molecule has 0 aromatic carbocycles. The molecule has 0 aromatic rings. The van der Waals surface area contributed by atoms with E-state index in [1.54, 1.807) is 0 Å². The van der Waals surface area contributed by atoms with Crippen LogP contribution in [0.5, 0.6) is 0 Å². The first-order valence-electron chi connectivity index (χ1n) is 6.20. The first-order valence-corrected chi connectivity index (χ1v) is 6.61. The van der Waals surface area contributed by atoms with E-state index in [0.29, 0.717) is 12.8 Å². The van der Waals surface area contributed by atoms with Gasteiger partial charge in [-0.25, -0.2) is 8.78 Å². The molecule has 0 bridgehead atoms. The summed E-state index contributed by atoms with van der Waals surface area (Å²) in [6.45, 7) is 3.75. The zero-order valence-corrected chi connectivity index (χ0v) is 11.5. The van der Waals surface area contributed by atoms with E-state index in [4.69, 9.17) is 18.0 Å². The summed E-state index contributed by atoms with van der Waals surface area (Å²) in [5.41, 5.74) is 5.54. The number of hydrogen-bond donors (Lipinski definition) is 2. The van der Waals surface area contributed by atoms with Crippen LogP contribution in [0.25, 0.3) is 0 Å². The minimum absolute atomic E-state index is 0.0514. The summed E-state index contributed by atoms with van der Waals surface area (Å²) < 4.78 is 26.5. The Kier molecular flexibility index (Phi) is 5.01. The van der Waals surface area contributed by atoms with Gasteiger partial charge >= 0.3 is 0 Å². The number of amides is 1. The minimum atomic E-state index is -2.73. The van der Waals surface area contributed by atoms with Crippen molar-refractivity contribution >= 4 is 23.1 Å². The maximum Gasteiger partial charge on any atom is 0.248 e. The molecule has 3 N–H and O–H groups in total. The van der Waals surface area contributed by atoms with E-state index in [9.17, 15) is 13.6 Å². The van der Waals surface area contributed by atoms with Gasteiger partial charge in [0.2, 0.25) is 11.8 Å². The Labute approximate surface area is 111 Å². The Morgan fingerprint density at radius 3 is 2.56 bits per heavy atom. The first kappa shape index (κ1) is 15.3. The van der Waals surface area contributed by atoms with Crippen LogP contribution in [-0.4, -0.2) is 22.9 Å². The summed E-state index contributed by atoms with van der Waals surface area (Å²) in [5, 5.41) is 2.68. The van der Waals surface area contributed by atoms with Gasteiger partial charge in [0, 0.05) is 18.8 Å². The number of alkyl halides is 2. The second kappa shape index (κ2) is 5.91.